The van der Waals surface area contributed by atoms with Crippen molar-refractivity contribution in [2.45, 2.75) is 33.7 Å². The van der Waals surface area contributed by atoms with Gasteiger partial charge in [-0.05, 0) is 52.0 Å². The van der Waals surface area contributed by atoms with Crippen LogP contribution < -0.4 is 5.32 Å². The Morgan fingerprint density at radius 3 is 2.50 bits per heavy atom. The Morgan fingerprint density at radius 2 is 1.95 bits per heavy atom. The van der Waals surface area contributed by atoms with E-state index in [-0.39, 0.29) is 5.91 Å². The fourth-order valence-electron chi connectivity index (χ4n) is 2.57. The molecular weight excluding hydrogens is 316 g/mol. The summed E-state index contributed by atoms with van der Waals surface area (Å²) in [5, 5.41) is 2.94. The fourth-order valence-corrected chi connectivity index (χ4v) is 2.97. The van der Waals surface area contributed by atoms with E-state index in [1.165, 1.54) is 0 Å². The van der Waals surface area contributed by atoms with Crippen LogP contribution >= 0.6 is 15.9 Å². The Hall–Kier alpha value is -1.55. The molecule has 0 atom stereocenters. The van der Waals surface area contributed by atoms with E-state index in [1.54, 1.807) is 0 Å². The number of carbonyl (C=O) groups is 1. The van der Waals surface area contributed by atoms with E-state index in [0.717, 1.165) is 27.1 Å². The lowest BCUT2D eigenvalue weighted by molar-refractivity contribution is 0.102. The van der Waals surface area contributed by atoms with E-state index in [2.05, 4.69) is 39.7 Å². The largest absolute Gasteiger partial charge is 0.346 e. The van der Waals surface area contributed by atoms with Crippen molar-refractivity contribution < 1.29 is 4.79 Å². The average molecular weight is 335 g/mol. The summed E-state index contributed by atoms with van der Waals surface area (Å²) in [6.45, 7) is 8.26. The number of anilines is 1. The van der Waals surface area contributed by atoms with Gasteiger partial charge in [-0.1, -0.05) is 22.0 Å². The Labute approximate surface area is 128 Å². The molecule has 1 heterocycles. The van der Waals surface area contributed by atoms with E-state index >= 15 is 0 Å². The Bertz CT molecular complexity index is 644. The van der Waals surface area contributed by atoms with E-state index in [1.807, 2.05) is 44.2 Å². The van der Waals surface area contributed by atoms with Crippen LogP contribution in [0.5, 0.6) is 0 Å². The van der Waals surface area contributed by atoms with Crippen molar-refractivity contribution in [1.29, 1.82) is 0 Å². The van der Waals surface area contributed by atoms with E-state index in [0.29, 0.717) is 6.04 Å². The summed E-state index contributed by atoms with van der Waals surface area (Å²) in [6.07, 6.45) is 0. The quantitative estimate of drug-likeness (QED) is 0.867. The predicted molar refractivity (Wildman–Crippen MR) is 86.4 cm³/mol. The minimum Gasteiger partial charge on any atom is -0.346 e. The van der Waals surface area contributed by atoms with Gasteiger partial charge < -0.3 is 9.88 Å². The molecule has 1 aromatic carbocycles. The summed E-state index contributed by atoms with van der Waals surface area (Å²) in [6, 6.07) is 9.89. The van der Waals surface area contributed by atoms with Crippen molar-refractivity contribution in [3.8, 4) is 0 Å². The van der Waals surface area contributed by atoms with Gasteiger partial charge in [0.15, 0.2) is 0 Å². The molecule has 0 aliphatic rings. The summed E-state index contributed by atoms with van der Waals surface area (Å²) in [4.78, 5) is 12.4. The van der Waals surface area contributed by atoms with Crippen LogP contribution in [0.4, 0.5) is 5.69 Å². The molecule has 0 radical (unpaired) electrons. The topological polar surface area (TPSA) is 34.0 Å². The van der Waals surface area contributed by atoms with Crippen molar-refractivity contribution in [3.05, 3.63) is 51.8 Å². The first-order chi connectivity index (χ1) is 9.40. The third-order valence-corrected chi connectivity index (χ3v) is 3.82. The zero-order valence-electron chi connectivity index (χ0n) is 12.2. The molecule has 0 aliphatic carbocycles. The molecule has 0 saturated heterocycles. The fraction of sp³-hybridized carbons (Fsp3) is 0.312. The van der Waals surface area contributed by atoms with Crippen LogP contribution in [-0.4, -0.2) is 10.5 Å². The third kappa shape index (κ3) is 2.96. The number of nitrogens with one attached hydrogen (secondary N) is 1. The first-order valence-corrected chi connectivity index (χ1v) is 7.44. The van der Waals surface area contributed by atoms with E-state index < -0.39 is 0 Å². The third-order valence-electron chi connectivity index (χ3n) is 3.33. The first kappa shape index (κ1) is 14.9. The van der Waals surface area contributed by atoms with Crippen LogP contribution in [0.3, 0.4) is 0 Å². The van der Waals surface area contributed by atoms with Crippen LogP contribution in [0.1, 0.15) is 41.6 Å². The summed E-state index contributed by atoms with van der Waals surface area (Å²) < 4.78 is 3.12. The molecule has 20 heavy (non-hydrogen) atoms. The van der Waals surface area contributed by atoms with Gasteiger partial charge in [0.1, 0.15) is 0 Å². The Kier molecular flexibility index (Phi) is 4.33. The molecule has 0 unspecified atom stereocenters. The smallest absolute Gasteiger partial charge is 0.257 e. The molecule has 0 bridgehead atoms. The van der Waals surface area contributed by atoms with E-state index in [9.17, 15) is 4.79 Å². The Morgan fingerprint density at radius 1 is 1.25 bits per heavy atom. The first-order valence-electron chi connectivity index (χ1n) is 6.65. The minimum atomic E-state index is -0.0666. The van der Waals surface area contributed by atoms with Gasteiger partial charge in [-0.3, -0.25) is 4.79 Å². The number of halogens is 1. The van der Waals surface area contributed by atoms with Gasteiger partial charge in [0.05, 0.1) is 5.56 Å². The molecule has 3 nitrogen and oxygen atoms in total. The van der Waals surface area contributed by atoms with Crippen molar-refractivity contribution in [1.82, 2.24) is 4.57 Å². The monoisotopic (exact) mass is 334 g/mol. The number of hydrogen-bond acceptors (Lipinski definition) is 1. The molecule has 2 aromatic rings. The number of aryl methyl sites for hydroxylation is 1. The molecule has 0 saturated carbocycles. The van der Waals surface area contributed by atoms with Gasteiger partial charge in [0.2, 0.25) is 0 Å². The summed E-state index contributed by atoms with van der Waals surface area (Å²) in [7, 11) is 0. The number of rotatable bonds is 3. The normalized spacial score (nSPS) is 10.9. The number of aromatic nitrogens is 1. The van der Waals surface area contributed by atoms with Crippen LogP contribution in [0.15, 0.2) is 34.8 Å². The summed E-state index contributed by atoms with van der Waals surface area (Å²) in [5.74, 6) is -0.0666. The maximum Gasteiger partial charge on any atom is 0.257 e. The highest BCUT2D eigenvalue weighted by atomic mass is 79.9. The second kappa shape index (κ2) is 5.83. The molecule has 0 spiro atoms. The highest BCUT2D eigenvalue weighted by Crippen LogP contribution is 2.22. The van der Waals surface area contributed by atoms with Gasteiger partial charge in [-0.15, -0.1) is 0 Å². The lowest BCUT2D eigenvalue weighted by Crippen LogP contribution is -2.13. The molecule has 1 aromatic heterocycles. The van der Waals surface area contributed by atoms with Crippen LogP contribution in [0, 0.1) is 13.8 Å². The number of nitrogens with zero attached hydrogens (tertiary/aromatic N) is 1. The van der Waals surface area contributed by atoms with E-state index in [4.69, 9.17) is 0 Å². The highest BCUT2D eigenvalue weighted by Gasteiger charge is 2.17. The van der Waals surface area contributed by atoms with Gasteiger partial charge in [-0.2, -0.15) is 0 Å². The van der Waals surface area contributed by atoms with Gasteiger partial charge >= 0.3 is 0 Å². The number of carbonyl (C=O) groups excluding carboxylic acids is 1. The maximum atomic E-state index is 12.4. The second-order valence-corrected chi connectivity index (χ2v) is 6.13. The number of hydrogen-bond donors (Lipinski definition) is 1. The second-order valence-electron chi connectivity index (χ2n) is 5.21. The lowest BCUT2D eigenvalue weighted by Gasteiger charge is -2.13. The number of benzene rings is 1. The lowest BCUT2D eigenvalue weighted by atomic mass is 10.2. The van der Waals surface area contributed by atoms with Crippen molar-refractivity contribution >= 4 is 27.5 Å². The standard InChI is InChI=1S/C16H19BrN2O/c1-10(2)19-11(3)8-15(12(19)4)16(20)18-14-7-5-6-13(17)9-14/h5-10H,1-4H3,(H,18,20). The van der Waals surface area contributed by atoms with Crippen LogP contribution in [0.2, 0.25) is 0 Å². The summed E-state index contributed by atoms with van der Waals surface area (Å²) in [5.41, 5.74) is 3.64. The minimum absolute atomic E-state index is 0.0666. The number of amides is 1. The molecule has 106 valence electrons. The molecule has 1 N–H and O–H groups in total. The Balaban J connectivity index is 2.28. The van der Waals surface area contributed by atoms with Crippen molar-refractivity contribution in [2.24, 2.45) is 0 Å². The zero-order chi connectivity index (χ0) is 14.9. The molecule has 4 heteroatoms. The average Bonchev–Trinajstić information content (AvgIpc) is 2.64. The molecule has 0 aliphatic heterocycles. The van der Waals surface area contributed by atoms with Crippen LogP contribution in [0.25, 0.3) is 0 Å². The maximum absolute atomic E-state index is 12.4. The van der Waals surface area contributed by atoms with Crippen molar-refractivity contribution in [2.75, 3.05) is 5.32 Å². The molecule has 2 rings (SSSR count). The molecule has 1 amide bonds. The van der Waals surface area contributed by atoms with Gasteiger partial charge in [-0.25, -0.2) is 0 Å². The van der Waals surface area contributed by atoms with Crippen LogP contribution in [-0.2, 0) is 0 Å². The summed E-state index contributed by atoms with van der Waals surface area (Å²) >= 11 is 3.40. The highest BCUT2D eigenvalue weighted by molar-refractivity contribution is 9.10. The molecular formula is C16H19BrN2O. The molecule has 0 fully saturated rings. The van der Waals surface area contributed by atoms with Gasteiger partial charge in [0.25, 0.3) is 5.91 Å². The zero-order valence-corrected chi connectivity index (χ0v) is 13.8. The van der Waals surface area contributed by atoms with Crippen molar-refractivity contribution in [3.63, 3.8) is 0 Å². The van der Waals surface area contributed by atoms with Gasteiger partial charge in [0, 0.05) is 27.6 Å². The predicted octanol–water partition coefficient (Wildman–Crippen LogP) is 4.70. The SMILES string of the molecule is Cc1cc(C(=O)Nc2cccc(Br)c2)c(C)n1C(C)C.